The summed E-state index contributed by atoms with van der Waals surface area (Å²) in [4.78, 5) is 12.7. The molecule has 2 saturated carbocycles. The molecule has 1 aromatic carbocycles. The van der Waals surface area contributed by atoms with E-state index in [1.54, 1.807) is 0 Å². The molecule has 3 aliphatic carbocycles. The minimum Gasteiger partial charge on any atom is -0.508 e. The van der Waals surface area contributed by atoms with Crippen LogP contribution in [0, 0.1) is 16.2 Å². The van der Waals surface area contributed by atoms with Gasteiger partial charge in [-0.25, -0.2) is 0 Å². The molecule has 1 aromatic rings. The number of aryl methyl sites for hydroxylation is 1. The second kappa shape index (κ2) is 4.20. The number of hydrogen-bond acceptors (Lipinski definition) is 2. The molecular formula is C21H28O2. The minimum absolute atomic E-state index is 0.0691. The SMILES string of the molecule is CC12CCC3(C)c4ccc(O)cc4CCC3(C)C1(C)CCC2=O. The summed E-state index contributed by atoms with van der Waals surface area (Å²) < 4.78 is 0. The topological polar surface area (TPSA) is 37.3 Å². The van der Waals surface area contributed by atoms with E-state index >= 15 is 0 Å². The molecule has 3 aliphatic rings. The number of rotatable bonds is 0. The maximum Gasteiger partial charge on any atom is 0.139 e. The molecule has 0 bridgehead atoms. The van der Waals surface area contributed by atoms with Crippen molar-refractivity contribution in [2.75, 3.05) is 0 Å². The molecule has 0 spiro atoms. The van der Waals surface area contributed by atoms with Gasteiger partial charge in [-0.1, -0.05) is 33.8 Å². The molecule has 0 radical (unpaired) electrons. The summed E-state index contributed by atoms with van der Waals surface area (Å²) in [6, 6.07) is 5.94. The van der Waals surface area contributed by atoms with E-state index < -0.39 is 0 Å². The van der Waals surface area contributed by atoms with Gasteiger partial charge in [-0.15, -0.1) is 0 Å². The predicted molar refractivity (Wildman–Crippen MR) is 91.6 cm³/mol. The molecule has 0 aromatic heterocycles. The van der Waals surface area contributed by atoms with E-state index in [2.05, 4.69) is 33.8 Å². The van der Waals surface area contributed by atoms with Gasteiger partial charge in [0.25, 0.3) is 0 Å². The normalized spacial score (nSPS) is 45.3. The van der Waals surface area contributed by atoms with Crippen LogP contribution in [-0.2, 0) is 16.6 Å². The van der Waals surface area contributed by atoms with Gasteiger partial charge in [-0.05, 0) is 71.6 Å². The van der Waals surface area contributed by atoms with Crippen LogP contribution in [0.3, 0.4) is 0 Å². The number of fused-ring (bicyclic) bond motifs is 5. The highest BCUT2D eigenvalue weighted by molar-refractivity contribution is 5.88. The Morgan fingerprint density at radius 2 is 1.48 bits per heavy atom. The van der Waals surface area contributed by atoms with Crippen LogP contribution in [0.25, 0.3) is 0 Å². The summed E-state index contributed by atoms with van der Waals surface area (Å²) in [5, 5.41) is 9.86. The summed E-state index contributed by atoms with van der Waals surface area (Å²) in [6.45, 7) is 9.48. The van der Waals surface area contributed by atoms with E-state index in [-0.39, 0.29) is 21.7 Å². The highest BCUT2D eigenvalue weighted by atomic mass is 16.3. The maximum atomic E-state index is 12.7. The van der Waals surface area contributed by atoms with E-state index in [9.17, 15) is 9.90 Å². The lowest BCUT2D eigenvalue weighted by atomic mass is 9.36. The van der Waals surface area contributed by atoms with Crippen LogP contribution < -0.4 is 0 Å². The Balaban J connectivity index is 1.93. The summed E-state index contributed by atoms with van der Waals surface area (Å²) in [6.07, 6.45) is 5.96. The zero-order valence-corrected chi connectivity index (χ0v) is 14.8. The van der Waals surface area contributed by atoms with Crippen LogP contribution in [0.5, 0.6) is 5.75 Å². The number of phenolic OH excluding ortho intramolecular Hbond substituents is 1. The molecule has 0 heterocycles. The van der Waals surface area contributed by atoms with Gasteiger partial charge >= 0.3 is 0 Å². The number of phenols is 1. The Morgan fingerprint density at radius 1 is 0.870 bits per heavy atom. The van der Waals surface area contributed by atoms with Crippen molar-refractivity contribution in [2.45, 2.75) is 71.6 Å². The smallest absolute Gasteiger partial charge is 0.139 e. The van der Waals surface area contributed by atoms with Gasteiger partial charge < -0.3 is 5.11 Å². The number of carbonyl (C=O) groups excluding carboxylic acids is 1. The average Bonchev–Trinajstić information content (AvgIpc) is 2.75. The Hall–Kier alpha value is -1.31. The van der Waals surface area contributed by atoms with Crippen molar-refractivity contribution < 1.29 is 9.90 Å². The molecule has 2 heteroatoms. The number of hydrogen-bond donors (Lipinski definition) is 1. The average molecular weight is 312 g/mol. The van der Waals surface area contributed by atoms with E-state index in [0.717, 1.165) is 38.5 Å². The predicted octanol–water partition coefficient (Wildman–Crippen LogP) is 4.77. The number of carbonyl (C=O) groups is 1. The van der Waals surface area contributed by atoms with Gasteiger partial charge in [0.1, 0.15) is 11.5 Å². The van der Waals surface area contributed by atoms with Crippen LogP contribution in [0.15, 0.2) is 18.2 Å². The largest absolute Gasteiger partial charge is 0.508 e. The molecular weight excluding hydrogens is 284 g/mol. The van der Waals surface area contributed by atoms with Gasteiger partial charge in [-0.3, -0.25) is 4.79 Å². The van der Waals surface area contributed by atoms with Crippen LogP contribution >= 0.6 is 0 Å². The molecule has 4 atom stereocenters. The second-order valence-electron chi connectivity index (χ2n) is 9.09. The number of aromatic hydroxyl groups is 1. The van der Waals surface area contributed by atoms with Crippen molar-refractivity contribution in [1.82, 2.24) is 0 Å². The quantitative estimate of drug-likeness (QED) is 0.749. The van der Waals surface area contributed by atoms with Gasteiger partial charge in [0.05, 0.1) is 0 Å². The third-order valence-electron chi connectivity index (χ3n) is 8.82. The second-order valence-corrected chi connectivity index (χ2v) is 9.09. The number of benzene rings is 1. The standard InChI is InChI=1S/C21H28O2/c1-18-11-12-19(2)17(23)8-10-21(19,4)20(18,3)9-7-14-13-15(22)5-6-16(14)18/h5-6,13,22H,7-12H2,1-4H3. The fraction of sp³-hybridized carbons (Fsp3) is 0.667. The highest BCUT2D eigenvalue weighted by Gasteiger charge is 2.70. The van der Waals surface area contributed by atoms with Crippen LogP contribution in [0.2, 0.25) is 0 Å². The monoisotopic (exact) mass is 312 g/mol. The Bertz CT molecular complexity index is 708. The van der Waals surface area contributed by atoms with E-state index in [1.807, 2.05) is 12.1 Å². The molecule has 4 unspecified atom stereocenters. The lowest BCUT2D eigenvalue weighted by Crippen LogP contribution is -2.63. The first-order chi connectivity index (χ1) is 10.7. The van der Waals surface area contributed by atoms with Crippen molar-refractivity contribution in [3.8, 4) is 5.75 Å². The Labute approximate surface area is 139 Å². The molecule has 2 fully saturated rings. The zero-order valence-electron chi connectivity index (χ0n) is 14.8. The fourth-order valence-corrected chi connectivity index (χ4v) is 6.60. The Kier molecular flexibility index (Phi) is 2.78. The van der Waals surface area contributed by atoms with Gasteiger partial charge in [0.15, 0.2) is 0 Å². The van der Waals surface area contributed by atoms with E-state index in [0.29, 0.717) is 11.5 Å². The molecule has 1 N–H and O–H groups in total. The third kappa shape index (κ3) is 1.49. The lowest BCUT2D eigenvalue weighted by Gasteiger charge is -2.67. The molecule has 124 valence electrons. The van der Waals surface area contributed by atoms with Gasteiger partial charge in [0.2, 0.25) is 0 Å². The number of ketones is 1. The minimum atomic E-state index is -0.157. The highest BCUT2D eigenvalue weighted by Crippen LogP contribution is 2.74. The summed E-state index contributed by atoms with van der Waals surface area (Å²) in [7, 11) is 0. The van der Waals surface area contributed by atoms with E-state index in [1.165, 1.54) is 11.1 Å². The summed E-state index contributed by atoms with van der Waals surface area (Å²) >= 11 is 0. The first-order valence-electron chi connectivity index (χ1n) is 9.04. The fourth-order valence-electron chi connectivity index (χ4n) is 6.60. The molecule has 0 saturated heterocycles. The first kappa shape index (κ1) is 15.2. The number of Topliss-reactive ketones (excluding diaryl/α,β-unsaturated/α-hetero) is 1. The first-order valence-corrected chi connectivity index (χ1v) is 9.04. The molecule has 0 aliphatic heterocycles. The molecule has 23 heavy (non-hydrogen) atoms. The summed E-state index contributed by atoms with van der Waals surface area (Å²) in [5.41, 5.74) is 2.85. The molecule has 2 nitrogen and oxygen atoms in total. The van der Waals surface area contributed by atoms with Crippen molar-refractivity contribution >= 4 is 5.78 Å². The summed E-state index contributed by atoms with van der Waals surface area (Å²) in [5.74, 6) is 0.860. The van der Waals surface area contributed by atoms with E-state index in [4.69, 9.17) is 0 Å². The van der Waals surface area contributed by atoms with Gasteiger partial charge in [0, 0.05) is 11.8 Å². The lowest BCUT2D eigenvalue weighted by molar-refractivity contribution is -0.157. The zero-order chi connectivity index (χ0) is 16.7. The third-order valence-corrected chi connectivity index (χ3v) is 8.82. The van der Waals surface area contributed by atoms with Gasteiger partial charge in [-0.2, -0.15) is 0 Å². The van der Waals surface area contributed by atoms with Crippen molar-refractivity contribution in [1.29, 1.82) is 0 Å². The van der Waals surface area contributed by atoms with Crippen molar-refractivity contribution in [2.24, 2.45) is 16.2 Å². The molecule has 0 amide bonds. The van der Waals surface area contributed by atoms with Crippen LogP contribution in [0.1, 0.15) is 70.9 Å². The molecule has 4 rings (SSSR count). The van der Waals surface area contributed by atoms with Crippen LogP contribution in [-0.4, -0.2) is 10.9 Å². The van der Waals surface area contributed by atoms with Crippen molar-refractivity contribution in [3.63, 3.8) is 0 Å². The maximum absolute atomic E-state index is 12.7. The Morgan fingerprint density at radius 3 is 2.22 bits per heavy atom. The van der Waals surface area contributed by atoms with Crippen LogP contribution in [0.4, 0.5) is 0 Å². The van der Waals surface area contributed by atoms with Crippen molar-refractivity contribution in [3.05, 3.63) is 29.3 Å².